The number of hydrogen-bond acceptors (Lipinski definition) is 3. The molecule has 0 fully saturated rings. The molecule has 0 saturated carbocycles. The Labute approximate surface area is 166 Å². The number of halogens is 1. The number of thioether (sulfide) groups is 1. The van der Waals surface area contributed by atoms with Crippen molar-refractivity contribution in [3.05, 3.63) is 94.5 Å². The summed E-state index contributed by atoms with van der Waals surface area (Å²) in [4.78, 5) is 14.4. The zero-order chi connectivity index (χ0) is 18.6. The van der Waals surface area contributed by atoms with Crippen LogP contribution in [0.1, 0.15) is 28.0 Å². The minimum absolute atomic E-state index is 0.192. The molecular weight excluding hydrogens is 378 g/mol. The van der Waals surface area contributed by atoms with Crippen LogP contribution in [-0.2, 0) is 10.2 Å². The molecule has 3 nitrogen and oxygen atoms in total. The van der Waals surface area contributed by atoms with Crippen molar-refractivity contribution in [1.82, 2.24) is 0 Å². The molecule has 27 heavy (non-hydrogen) atoms. The maximum Gasteiger partial charge on any atom is 0.239 e. The van der Waals surface area contributed by atoms with Gasteiger partial charge < -0.3 is 10.4 Å². The number of aliphatic hydroxyl groups excluding tert-OH is 1. The van der Waals surface area contributed by atoms with Gasteiger partial charge >= 0.3 is 0 Å². The van der Waals surface area contributed by atoms with E-state index in [0.29, 0.717) is 10.7 Å². The van der Waals surface area contributed by atoms with Crippen LogP contribution in [0.4, 0.5) is 5.69 Å². The van der Waals surface area contributed by atoms with E-state index in [1.807, 2.05) is 60.7 Å². The number of benzene rings is 3. The number of rotatable bonds is 1. The van der Waals surface area contributed by atoms with E-state index in [9.17, 15) is 9.90 Å². The number of aliphatic hydroxyl groups is 1. The van der Waals surface area contributed by atoms with Crippen LogP contribution in [-0.4, -0.2) is 11.0 Å². The Morgan fingerprint density at radius 3 is 2.56 bits per heavy atom. The molecule has 0 radical (unpaired) electrons. The van der Waals surface area contributed by atoms with Crippen molar-refractivity contribution in [3.63, 3.8) is 0 Å². The SMILES string of the molecule is O=C1Nc2cc(Cl)ccc2[C@]12[C@@H](O)c1ccccc1S[C@H]2c1ccccc1. The van der Waals surface area contributed by atoms with Crippen LogP contribution in [0.3, 0.4) is 0 Å². The van der Waals surface area contributed by atoms with Gasteiger partial charge in [0.05, 0.1) is 5.25 Å². The van der Waals surface area contributed by atoms with Crippen LogP contribution in [0.2, 0.25) is 5.02 Å². The van der Waals surface area contributed by atoms with Gasteiger partial charge in [-0.15, -0.1) is 11.8 Å². The van der Waals surface area contributed by atoms with E-state index in [-0.39, 0.29) is 11.2 Å². The number of nitrogens with one attached hydrogen (secondary N) is 1. The Morgan fingerprint density at radius 2 is 1.74 bits per heavy atom. The van der Waals surface area contributed by atoms with Crippen LogP contribution in [0, 0.1) is 0 Å². The summed E-state index contributed by atoms with van der Waals surface area (Å²) < 4.78 is 0. The highest BCUT2D eigenvalue weighted by Crippen LogP contribution is 2.63. The van der Waals surface area contributed by atoms with Crippen molar-refractivity contribution in [1.29, 1.82) is 0 Å². The second-order valence-electron chi connectivity index (χ2n) is 6.86. The molecule has 0 aliphatic carbocycles. The van der Waals surface area contributed by atoms with Gasteiger partial charge in [0.15, 0.2) is 0 Å². The molecule has 1 spiro atoms. The molecule has 0 unspecified atom stereocenters. The van der Waals surface area contributed by atoms with E-state index in [1.54, 1.807) is 23.9 Å². The van der Waals surface area contributed by atoms with Gasteiger partial charge in [-0.1, -0.05) is 66.2 Å². The van der Waals surface area contributed by atoms with Gasteiger partial charge in [0.25, 0.3) is 0 Å². The van der Waals surface area contributed by atoms with Crippen molar-refractivity contribution < 1.29 is 9.90 Å². The quantitative estimate of drug-likeness (QED) is 0.604. The molecular formula is C22H16ClNO2S. The van der Waals surface area contributed by atoms with Crippen LogP contribution < -0.4 is 5.32 Å². The summed E-state index contributed by atoms with van der Waals surface area (Å²) in [5.41, 5.74) is 2.15. The van der Waals surface area contributed by atoms with Gasteiger partial charge in [0.2, 0.25) is 5.91 Å². The minimum atomic E-state index is -1.11. The summed E-state index contributed by atoms with van der Waals surface area (Å²) in [6.45, 7) is 0. The van der Waals surface area contributed by atoms with Gasteiger partial charge in [-0.25, -0.2) is 0 Å². The Kier molecular flexibility index (Phi) is 3.83. The smallest absolute Gasteiger partial charge is 0.239 e. The molecule has 3 aromatic rings. The van der Waals surface area contributed by atoms with Gasteiger partial charge in [-0.3, -0.25) is 4.79 Å². The van der Waals surface area contributed by atoms with Gasteiger partial charge in [-0.2, -0.15) is 0 Å². The van der Waals surface area contributed by atoms with Crippen LogP contribution in [0.5, 0.6) is 0 Å². The molecule has 2 heterocycles. The van der Waals surface area contributed by atoms with E-state index in [1.165, 1.54) is 0 Å². The molecule has 2 aliphatic rings. The second kappa shape index (κ2) is 6.13. The zero-order valence-electron chi connectivity index (χ0n) is 14.2. The highest BCUT2D eigenvalue weighted by atomic mass is 35.5. The summed E-state index contributed by atoms with van der Waals surface area (Å²) in [7, 11) is 0. The fourth-order valence-electron chi connectivity index (χ4n) is 4.24. The first-order valence-corrected chi connectivity index (χ1v) is 9.98. The molecule has 1 amide bonds. The largest absolute Gasteiger partial charge is 0.387 e. The van der Waals surface area contributed by atoms with Crippen molar-refractivity contribution in [2.24, 2.45) is 0 Å². The van der Waals surface area contributed by atoms with Gasteiger partial charge in [-0.05, 0) is 34.9 Å². The number of amides is 1. The molecule has 5 heteroatoms. The van der Waals surface area contributed by atoms with Crippen LogP contribution in [0.25, 0.3) is 0 Å². The number of fused-ring (bicyclic) bond motifs is 3. The maximum absolute atomic E-state index is 13.4. The predicted molar refractivity (Wildman–Crippen MR) is 108 cm³/mol. The Morgan fingerprint density at radius 1 is 1.00 bits per heavy atom. The molecule has 2 aliphatic heterocycles. The van der Waals surface area contributed by atoms with E-state index in [0.717, 1.165) is 21.6 Å². The summed E-state index contributed by atoms with van der Waals surface area (Å²) >= 11 is 7.78. The summed E-state index contributed by atoms with van der Waals surface area (Å²) in [5, 5.41) is 14.8. The molecule has 3 aromatic carbocycles. The van der Waals surface area contributed by atoms with Gasteiger partial charge in [0.1, 0.15) is 11.5 Å². The first-order chi connectivity index (χ1) is 13.1. The maximum atomic E-state index is 13.4. The van der Waals surface area contributed by atoms with E-state index in [2.05, 4.69) is 5.32 Å². The van der Waals surface area contributed by atoms with E-state index in [4.69, 9.17) is 11.6 Å². The molecule has 5 rings (SSSR count). The Hall–Kier alpha value is -2.27. The zero-order valence-corrected chi connectivity index (χ0v) is 15.8. The molecule has 3 atom stereocenters. The average molecular weight is 394 g/mol. The average Bonchev–Trinajstić information content (AvgIpc) is 2.97. The first-order valence-electron chi connectivity index (χ1n) is 8.72. The van der Waals surface area contributed by atoms with Crippen molar-refractivity contribution in [2.45, 2.75) is 21.7 Å². The number of carbonyl (C=O) groups is 1. The fraction of sp³-hybridized carbons (Fsp3) is 0.136. The number of anilines is 1. The van der Waals surface area contributed by atoms with Crippen molar-refractivity contribution >= 4 is 35.0 Å². The third kappa shape index (κ3) is 2.30. The van der Waals surface area contributed by atoms with Crippen molar-refractivity contribution in [2.75, 3.05) is 5.32 Å². The van der Waals surface area contributed by atoms with Crippen LogP contribution >= 0.6 is 23.4 Å². The minimum Gasteiger partial charge on any atom is -0.387 e. The summed E-state index contributed by atoms with van der Waals surface area (Å²) in [5.74, 6) is -0.192. The molecule has 134 valence electrons. The third-order valence-electron chi connectivity index (χ3n) is 5.46. The normalized spacial score (nSPS) is 25.8. The second-order valence-corrected chi connectivity index (χ2v) is 8.45. The lowest BCUT2D eigenvalue weighted by Gasteiger charge is -2.44. The van der Waals surface area contributed by atoms with Crippen molar-refractivity contribution in [3.8, 4) is 0 Å². The lowest BCUT2D eigenvalue weighted by atomic mass is 9.69. The molecule has 2 N–H and O–H groups in total. The lowest BCUT2D eigenvalue weighted by Crippen LogP contribution is -2.46. The standard InChI is InChI=1S/C22H16ClNO2S/c23-14-10-11-16-17(12-14)24-21(26)22(16)19(25)15-8-4-5-9-18(15)27-20(22)13-6-2-1-3-7-13/h1-12,19-20,25H,(H,24,26)/t19-,20-,22+/m0/s1. The first kappa shape index (κ1) is 16.9. The van der Waals surface area contributed by atoms with Crippen LogP contribution in [0.15, 0.2) is 77.7 Å². The fourth-order valence-corrected chi connectivity index (χ4v) is 5.98. The highest BCUT2D eigenvalue weighted by molar-refractivity contribution is 7.99. The molecule has 0 aromatic heterocycles. The third-order valence-corrected chi connectivity index (χ3v) is 7.20. The summed E-state index contributed by atoms with van der Waals surface area (Å²) in [6, 6.07) is 23.1. The molecule has 0 bridgehead atoms. The predicted octanol–water partition coefficient (Wildman–Crippen LogP) is 5.11. The topological polar surface area (TPSA) is 49.3 Å². The van der Waals surface area contributed by atoms with E-state index < -0.39 is 11.5 Å². The Bertz CT molecular complexity index is 1060. The van der Waals surface area contributed by atoms with Gasteiger partial charge in [0, 0.05) is 15.6 Å². The molecule has 0 saturated heterocycles. The number of hydrogen-bond donors (Lipinski definition) is 2. The highest BCUT2D eigenvalue weighted by Gasteiger charge is 2.60. The lowest BCUT2D eigenvalue weighted by molar-refractivity contribution is -0.125. The summed E-state index contributed by atoms with van der Waals surface area (Å²) in [6.07, 6.45) is -0.956. The van der Waals surface area contributed by atoms with E-state index >= 15 is 0 Å². The number of carbonyl (C=O) groups excluding carboxylic acids is 1. The monoisotopic (exact) mass is 393 g/mol. The Balaban J connectivity index is 1.81.